The summed E-state index contributed by atoms with van der Waals surface area (Å²) in [7, 11) is -7.92. The van der Waals surface area contributed by atoms with Crippen LogP contribution >= 0.6 is 0 Å². The zero-order chi connectivity index (χ0) is 20.2. The Balaban J connectivity index is 2.20. The van der Waals surface area contributed by atoms with Gasteiger partial charge in [-0.05, 0) is 30.7 Å². The van der Waals surface area contributed by atoms with Crippen molar-refractivity contribution in [1.29, 1.82) is 0 Å². The summed E-state index contributed by atoms with van der Waals surface area (Å²) < 4.78 is 53.2. The van der Waals surface area contributed by atoms with Crippen molar-refractivity contribution < 1.29 is 21.6 Å². The van der Waals surface area contributed by atoms with Crippen LogP contribution in [0.15, 0.2) is 29.2 Å². The standard InChI is InChI=1S/C19H33NO5S2/c1-3-4-5-6-7-8-9-10-11-12-17-25-18-13-15-19(16-14-18)27(23,24)20-26(2,21)22/h13-16,20H,3-12,17H2,1-2H3. The highest BCUT2D eigenvalue weighted by Gasteiger charge is 2.19. The number of hydrogen-bond donors (Lipinski definition) is 1. The molecule has 0 saturated carbocycles. The monoisotopic (exact) mass is 419 g/mol. The molecular formula is C19H33NO5S2. The minimum Gasteiger partial charge on any atom is -0.494 e. The van der Waals surface area contributed by atoms with E-state index in [0.717, 1.165) is 19.1 Å². The number of benzene rings is 1. The highest BCUT2D eigenvalue weighted by Crippen LogP contribution is 2.17. The van der Waals surface area contributed by atoms with E-state index in [1.807, 2.05) is 0 Å². The molecule has 0 spiro atoms. The third kappa shape index (κ3) is 11.3. The Bertz CT molecular complexity index is 728. The second-order valence-electron chi connectivity index (χ2n) is 6.86. The van der Waals surface area contributed by atoms with E-state index in [1.54, 1.807) is 4.13 Å². The number of sulfonamides is 2. The van der Waals surface area contributed by atoms with E-state index in [9.17, 15) is 16.8 Å². The summed E-state index contributed by atoms with van der Waals surface area (Å²) in [5, 5.41) is 0. The summed E-state index contributed by atoms with van der Waals surface area (Å²) in [6.07, 6.45) is 13.4. The second-order valence-corrected chi connectivity index (χ2v) is 10.6. The first-order valence-corrected chi connectivity index (χ1v) is 13.1. The second kappa shape index (κ2) is 12.4. The molecule has 0 amide bonds. The van der Waals surface area contributed by atoms with Gasteiger partial charge in [-0.25, -0.2) is 16.8 Å². The molecule has 1 N–H and O–H groups in total. The lowest BCUT2D eigenvalue weighted by Gasteiger charge is -2.08. The zero-order valence-corrected chi connectivity index (χ0v) is 18.1. The Morgan fingerprint density at radius 3 is 1.74 bits per heavy atom. The molecule has 1 rings (SSSR count). The number of rotatable bonds is 15. The van der Waals surface area contributed by atoms with Gasteiger partial charge in [-0.15, -0.1) is 4.13 Å². The Hall–Kier alpha value is -1.12. The first-order valence-electron chi connectivity index (χ1n) is 9.71. The quantitative estimate of drug-likeness (QED) is 0.430. The first kappa shape index (κ1) is 23.9. The van der Waals surface area contributed by atoms with E-state index >= 15 is 0 Å². The van der Waals surface area contributed by atoms with Gasteiger partial charge in [0.1, 0.15) is 5.75 Å². The molecule has 0 bridgehead atoms. The maximum Gasteiger partial charge on any atom is 0.253 e. The maximum absolute atomic E-state index is 11.9. The predicted octanol–water partition coefficient (Wildman–Crippen LogP) is 4.22. The number of unbranched alkanes of at least 4 members (excludes halogenated alkanes) is 9. The molecule has 1 aromatic carbocycles. The molecule has 0 fully saturated rings. The lowest BCUT2D eigenvalue weighted by molar-refractivity contribution is 0.304. The molecule has 0 aliphatic heterocycles. The van der Waals surface area contributed by atoms with E-state index in [4.69, 9.17) is 4.74 Å². The van der Waals surface area contributed by atoms with Crippen molar-refractivity contribution in [3.63, 3.8) is 0 Å². The molecule has 1 aromatic rings. The summed E-state index contributed by atoms with van der Waals surface area (Å²) in [5.41, 5.74) is 0. The minimum atomic E-state index is -4.07. The molecule has 0 radical (unpaired) electrons. The van der Waals surface area contributed by atoms with Crippen LogP contribution in [0.5, 0.6) is 5.75 Å². The largest absolute Gasteiger partial charge is 0.494 e. The molecule has 0 aromatic heterocycles. The van der Waals surface area contributed by atoms with Crippen LogP contribution in [0.3, 0.4) is 0 Å². The van der Waals surface area contributed by atoms with Gasteiger partial charge in [0.2, 0.25) is 10.0 Å². The predicted molar refractivity (Wildman–Crippen MR) is 109 cm³/mol. The van der Waals surface area contributed by atoms with Gasteiger partial charge >= 0.3 is 0 Å². The summed E-state index contributed by atoms with van der Waals surface area (Å²) in [4.78, 5) is -0.112. The van der Waals surface area contributed by atoms with E-state index in [0.29, 0.717) is 12.4 Å². The van der Waals surface area contributed by atoms with Crippen molar-refractivity contribution in [3.05, 3.63) is 24.3 Å². The third-order valence-electron chi connectivity index (χ3n) is 4.16. The molecule has 0 heterocycles. The van der Waals surface area contributed by atoms with Crippen LogP contribution in [0.2, 0.25) is 0 Å². The fourth-order valence-corrected chi connectivity index (χ4v) is 5.22. The van der Waals surface area contributed by atoms with Gasteiger partial charge in [0.05, 0.1) is 17.8 Å². The molecule has 0 saturated heterocycles. The average molecular weight is 420 g/mol. The zero-order valence-electron chi connectivity index (χ0n) is 16.4. The van der Waals surface area contributed by atoms with Crippen molar-refractivity contribution in [3.8, 4) is 5.75 Å². The number of hydrogen-bond acceptors (Lipinski definition) is 5. The van der Waals surface area contributed by atoms with Crippen molar-refractivity contribution in [2.24, 2.45) is 0 Å². The lowest BCUT2D eigenvalue weighted by atomic mass is 10.1. The summed E-state index contributed by atoms with van der Waals surface area (Å²) >= 11 is 0. The molecule has 0 unspecified atom stereocenters. The van der Waals surface area contributed by atoms with Crippen molar-refractivity contribution >= 4 is 20.0 Å². The molecule has 27 heavy (non-hydrogen) atoms. The van der Waals surface area contributed by atoms with E-state index in [-0.39, 0.29) is 4.90 Å². The van der Waals surface area contributed by atoms with Crippen LogP contribution in [-0.4, -0.2) is 29.7 Å². The van der Waals surface area contributed by atoms with Gasteiger partial charge in [-0.1, -0.05) is 64.7 Å². The fraction of sp³-hybridized carbons (Fsp3) is 0.684. The Morgan fingerprint density at radius 1 is 0.778 bits per heavy atom. The molecule has 6 nitrogen and oxygen atoms in total. The van der Waals surface area contributed by atoms with E-state index in [1.165, 1.54) is 75.6 Å². The van der Waals surface area contributed by atoms with E-state index in [2.05, 4.69) is 6.92 Å². The molecule has 0 atom stereocenters. The van der Waals surface area contributed by atoms with Crippen LogP contribution in [0.25, 0.3) is 0 Å². The maximum atomic E-state index is 11.9. The average Bonchev–Trinajstić information content (AvgIpc) is 2.58. The Labute approximate surface area is 164 Å². The SMILES string of the molecule is CCCCCCCCCCCCOc1ccc(S(=O)(=O)NS(C)(=O)=O)cc1. The van der Waals surface area contributed by atoms with Gasteiger partial charge in [0.15, 0.2) is 0 Å². The normalized spacial score (nSPS) is 12.2. The van der Waals surface area contributed by atoms with Gasteiger partial charge in [0.25, 0.3) is 10.0 Å². The summed E-state index contributed by atoms with van der Waals surface area (Å²) in [6, 6.07) is 5.74. The van der Waals surface area contributed by atoms with Crippen molar-refractivity contribution in [2.45, 2.75) is 76.0 Å². The fourth-order valence-electron chi connectivity index (χ4n) is 2.74. The Morgan fingerprint density at radius 2 is 1.26 bits per heavy atom. The lowest BCUT2D eigenvalue weighted by Crippen LogP contribution is -2.29. The number of nitrogens with one attached hydrogen (secondary N) is 1. The molecule has 0 aliphatic rings. The van der Waals surface area contributed by atoms with Crippen LogP contribution in [0, 0.1) is 0 Å². The topological polar surface area (TPSA) is 89.5 Å². The van der Waals surface area contributed by atoms with Crippen LogP contribution in [0.4, 0.5) is 0 Å². The summed E-state index contributed by atoms with van der Waals surface area (Å²) in [5.74, 6) is 0.573. The van der Waals surface area contributed by atoms with Crippen molar-refractivity contribution in [1.82, 2.24) is 4.13 Å². The minimum absolute atomic E-state index is 0.112. The van der Waals surface area contributed by atoms with Crippen LogP contribution in [-0.2, 0) is 20.0 Å². The Kier molecular flexibility index (Phi) is 10.9. The summed E-state index contributed by atoms with van der Waals surface area (Å²) in [6.45, 7) is 2.82. The highest BCUT2D eigenvalue weighted by molar-refractivity contribution is 8.04. The third-order valence-corrected chi connectivity index (χ3v) is 7.14. The molecule has 156 valence electrons. The first-order chi connectivity index (χ1) is 12.7. The van der Waals surface area contributed by atoms with Crippen LogP contribution in [0.1, 0.15) is 71.1 Å². The van der Waals surface area contributed by atoms with E-state index < -0.39 is 20.0 Å². The van der Waals surface area contributed by atoms with Crippen LogP contribution < -0.4 is 8.86 Å². The van der Waals surface area contributed by atoms with Gasteiger partial charge in [-0.3, -0.25) is 0 Å². The molecule has 0 aliphatic carbocycles. The molecule has 8 heteroatoms. The van der Waals surface area contributed by atoms with Crippen molar-refractivity contribution in [2.75, 3.05) is 12.9 Å². The highest BCUT2D eigenvalue weighted by atomic mass is 32.3. The van der Waals surface area contributed by atoms with Gasteiger partial charge in [0, 0.05) is 0 Å². The van der Waals surface area contributed by atoms with Gasteiger partial charge < -0.3 is 4.74 Å². The smallest absolute Gasteiger partial charge is 0.253 e. The molecular weight excluding hydrogens is 386 g/mol. The van der Waals surface area contributed by atoms with Gasteiger partial charge in [-0.2, -0.15) is 0 Å². The number of ether oxygens (including phenoxy) is 1.